The van der Waals surface area contributed by atoms with E-state index in [1.807, 2.05) is 0 Å². The van der Waals surface area contributed by atoms with Gasteiger partial charge in [-0.2, -0.15) is 0 Å². The number of alkyl halides is 1. The summed E-state index contributed by atoms with van der Waals surface area (Å²) in [6, 6.07) is 3.43. The second kappa shape index (κ2) is 10.6. The Morgan fingerprint density at radius 3 is 2.67 bits per heavy atom. The molecule has 4 atom stereocenters. The van der Waals surface area contributed by atoms with E-state index >= 15 is 4.39 Å². The Morgan fingerprint density at radius 2 is 2.00 bits per heavy atom. The molecule has 4 heterocycles. The Hall–Kier alpha value is -3.80. The normalized spacial score (nSPS) is 22.4. The van der Waals surface area contributed by atoms with Crippen LogP contribution in [-0.2, 0) is 9.47 Å². The lowest BCUT2D eigenvalue weighted by molar-refractivity contribution is -0.0104. The first-order chi connectivity index (χ1) is 19.0. The van der Waals surface area contributed by atoms with Crippen LogP contribution in [0.4, 0.5) is 15.0 Å². The number of ether oxygens (including phenoxy) is 3. The zero-order valence-electron chi connectivity index (χ0n) is 23.5. The van der Waals surface area contributed by atoms with Crippen LogP contribution in [0.3, 0.4) is 0 Å². The van der Waals surface area contributed by atoms with Crippen molar-refractivity contribution in [3.63, 3.8) is 0 Å². The zero-order chi connectivity index (χ0) is 28.8. The monoisotopic (exact) mass is 555 g/mol. The van der Waals surface area contributed by atoms with Crippen molar-refractivity contribution < 1.29 is 27.8 Å². The van der Waals surface area contributed by atoms with Crippen LogP contribution in [0.2, 0.25) is 0 Å². The largest absolute Gasteiger partial charge is 0.467 e. The molecule has 2 aromatic heterocycles. The lowest BCUT2D eigenvalue weighted by atomic mass is 9.94. The van der Waals surface area contributed by atoms with Gasteiger partial charge in [0.05, 0.1) is 29.2 Å². The van der Waals surface area contributed by atoms with E-state index in [1.54, 1.807) is 56.7 Å². The summed E-state index contributed by atoms with van der Waals surface area (Å²) in [6.07, 6.45) is 1.48. The van der Waals surface area contributed by atoms with Crippen molar-refractivity contribution in [2.75, 3.05) is 25.9 Å². The maximum atomic E-state index is 15.8. The number of piperidine rings is 1. The smallest absolute Gasteiger partial charge is 0.410 e. The molecule has 12 heteroatoms. The number of aromatic nitrogens is 3. The number of aryl methyl sites for hydroxylation is 1. The molecule has 2 saturated heterocycles. The van der Waals surface area contributed by atoms with Crippen molar-refractivity contribution in [1.29, 1.82) is 0 Å². The van der Waals surface area contributed by atoms with Gasteiger partial charge >= 0.3 is 6.09 Å². The van der Waals surface area contributed by atoms with Crippen LogP contribution in [0, 0.1) is 6.92 Å². The van der Waals surface area contributed by atoms with Crippen LogP contribution in [0.1, 0.15) is 45.8 Å². The van der Waals surface area contributed by atoms with E-state index in [4.69, 9.17) is 18.6 Å². The maximum absolute atomic E-state index is 15.8. The third kappa shape index (κ3) is 5.32. The summed E-state index contributed by atoms with van der Waals surface area (Å²) in [6.45, 7) is 7.06. The predicted molar refractivity (Wildman–Crippen MR) is 145 cm³/mol. The molecular formula is C28H34FN5O6. The molecule has 1 amide bonds. The molecular weight excluding hydrogens is 521 g/mol. The molecule has 214 valence electrons. The van der Waals surface area contributed by atoms with Gasteiger partial charge in [0.25, 0.3) is 0 Å². The Morgan fingerprint density at radius 1 is 1.23 bits per heavy atom. The van der Waals surface area contributed by atoms with Gasteiger partial charge in [0, 0.05) is 32.3 Å². The van der Waals surface area contributed by atoms with Gasteiger partial charge in [0.1, 0.15) is 28.9 Å². The molecule has 40 heavy (non-hydrogen) atoms. The van der Waals surface area contributed by atoms with Crippen molar-refractivity contribution in [2.24, 2.45) is 0 Å². The Bertz CT molecular complexity index is 1460. The van der Waals surface area contributed by atoms with Crippen LogP contribution in [-0.4, -0.2) is 77.0 Å². The fourth-order valence-corrected chi connectivity index (χ4v) is 5.54. The number of hydrogen-bond acceptors (Lipinski definition) is 10. The van der Waals surface area contributed by atoms with Gasteiger partial charge in [-0.25, -0.2) is 14.2 Å². The Balaban J connectivity index is 1.39. The van der Waals surface area contributed by atoms with E-state index in [1.165, 1.54) is 19.4 Å². The van der Waals surface area contributed by atoms with Crippen molar-refractivity contribution >= 4 is 22.9 Å². The molecule has 2 fully saturated rings. The number of anilines is 1. The summed E-state index contributed by atoms with van der Waals surface area (Å²) < 4.78 is 37.8. The van der Waals surface area contributed by atoms with Crippen LogP contribution < -0.4 is 15.1 Å². The number of fused-ring (bicyclic) bond motifs is 3. The number of halogens is 1. The summed E-state index contributed by atoms with van der Waals surface area (Å²) in [5, 5.41) is 8.97. The number of rotatable bonds is 6. The lowest BCUT2D eigenvalue weighted by Crippen LogP contribution is -2.59. The van der Waals surface area contributed by atoms with Gasteiger partial charge < -0.3 is 23.5 Å². The first-order valence-electron chi connectivity index (χ1n) is 13.3. The SMILES string of the molecule is COCOc1cc2oc(C)cc(=O)c2cc1-c1ncc(N(C)[C@@H]2C[C@H]3CC[C@@H]([C@@H]2F)N3C(=O)OC(C)(C)C)nn1. The highest BCUT2D eigenvalue weighted by Crippen LogP contribution is 2.41. The predicted octanol–water partition coefficient (Wildman–Crippen LogP) is 4.25. The van der Waals surface area contributed by atoms with Crippen molar-refractivity contribution in [3.05, 3.63) is 40.4 Å². The van der Waals surface area contributed by atoms with Gasteiger partial charge in [-0.1, -0.05) is 0 Å². The highest BCUT2D eigenvalue weighted by Gasteiger charge is 2.52. The van der Waals surface area contributed by atoms with Gasteiger partial charge in [-0.3, -0.25) is 9.69 Å². The van der Waals surface area contributed by atoms with Gasteiger partial charge in [-0.15, -0.1) is 10.2 Å². The molecule has 11 nitrogen and oxygen atoms in total. The average Bonchev–Trinajstić information content (AvgIpc) is 3.25. The molecule has 0 N–H and O–H groups in total. The summed E-state index contributed by atoms with van der Waals surface area (Å²) >= 11 is 0. The number of benzene rings is 1. The average molecular weight is 556 g/mol. The molecule has 2 bridgehead atoms. The first-order valence-corrected chi connectivity index (χ1v) is 13.3. The maximum Gasteiger partial charge on any atom is 0.410 e. The molecule has 0 radical (unpaired) electrons. The molecule has 0 spiro atoms. The highest BCUT2D eigenvalue weighted by molar-refractivity contribution is 5.85. The molecule has 2 aliphatic heterocycles. The van der Waals surface area contributed by atoms with Gasteiger partial charge in [0.15, 0.2) is 23.9 Å². The minimum atomic E-state index is -1.30. The number of hydrogen-bond donors (Lipinski definition) is 0. The van der Waals surface area contributed by atoms with Crippen LogP contribution in [0.25, 0.3) is 22.4 Å². The number of carbonyl (C=O) groups excluding carboxylic acids is 1. The summed E-state index contributed by atoms with van der Waals surface area (Å²) in [7, 11) is 3.25. The van der Waals surface area contributed by atoms with Gasteiger partial charge in [0.2, 0.25) is 0 Å². The van der Waals surface area contributed by atoms with Gasteiger partial charge in [-0.05, 0) is 53.0 Å². The molecule has 2 aliphatic rings. The number of methoxy groups -OCH3 is 1. The standard InChI is InChI=1S/C28H34FN5O6/c1-15-9-21(35)17-11-18(22(38-14-37-6)12-23(17)39-15)26-30-13-24(31-32-26)33(5)20-10-16-7-8-19(25(20)29)34(16)27(36)40-28(2,3)4/h9,11-13,16,19-20,25H,7-8,10,14H2,1-6H3/t16-,19+,20-,25+/m1/s1. The third-order valence-electron chi connectivity index (χ3n) is 7.33. The zero-order valence-corrected chi connectivity index (χ0v) is 23.5. The van der Waals surface area contributed by atoms with E-state index < -0.39 is 29.9 Å². The number of amides is 1. The van der Waals surface area contributed by atoms with E-state index in [2.05, 4.69) is 15.2 Å². The third-order valence-corrected chi connectivity index (χ3v) is 7.33. The fourth-order valence-electron chi connectivity index (χ4n) is 5.54. The number of nitrogens with zero attached hydrogens (tertiary/aromatic N) is 5. The summed E-state index contributed by atoms with van der Waals surface area (Å²) in [5.74, 6) is 1.45. The number of carbonyl (C=O) groups is 1. The molecule has 1 aromatic carbocycles. The van der Waals surface area contributed by atoms with E-state index in [9.17, 15) is 9.59 Å². The topological polar surface area (TPSA) is 120 Å². The first kappa shape index (κ1) is 27.8. The van der Waals surface area contributed by atoms with Crippen LogP contribution in [0.15, 0.2) is 33.6 Å². The van der Waals surface area contributed by atoms with Crippen molar-refractivity contribution in [3.8, 4) is 17.1 Å². The molecule has 3 aromatic rings. The second-order valence-corrected chi connectivity index (χ2v) is 11.3. The van der Waals surface area contributed by atoms with Crippen molar-refractivity contribution in [2.45, 2.75) is 76.9 Å². The minimum absolute atomic E-state index is 0.0367. The molecule has 0 unspecified atom stereocenters. The lowest BCUT2D eigenvalue weighted by Gasteiger charge is -2.44. The van der Waals surface area contributed by atoms with E-state index in [0.717, 1.165) is 6.42 Å². The Labute approximate surface area is 231 Å². The summed E-state index contributed by atoms with van der Waals surface area (Å²) in [5.41, 5.74) is -0.0505. The highest BCUT2D eigenvalue weighted by atomic mass is 19.1. The molecule has 0 saturated carbocycles. The summed E-state index contributed by atoms with van der Waals surface area (Å²) in [4.78, 5) is 33.2. The van der Waals surface area contributed by atoms with Crippen LogP contribution in [0.5, 0.6) is 5.75 Å². The van der Waals surface area contributed by atoms with E-state index in [-0.39, 0.29) is 24.1 Å². The van der Waals surface area contributed by atoms with Crippen molar-refractivity contribution in [1.82, 2.24) is 20.1 Å². The molecule has 5 rings (SSSR count). The quantitative estimate of drug-likeness (QED) is 0.408. The fraction of sp³-hybridized carbons (Fsp3) is 0.536. The van der Waals surface area contributed by atoms with E-state index in [0.29, 0.717) is 46.7 Å². The second-order valence-electron chi connectivity index (χ2n) is 11.3. The molecule has 0 aliphatic carbocycles. The van der Waals surface area contributed by atoms with Crippen LogP contribution >= 0.6 is 0 Å². The Kier molecular flexibility index (Phi) is 7.38. The minimum Gasteiger partial charge on any atom is -0.467 e.